The first-order chi connectivity index (χ1) is 8.66. The molecule has 1 aromatic carbocycles. The maximum Gasteiger partial charge on any atom is 0.338 e. The van der Waals surface area contributed by atoms with Gasteiger partial charge in [0.2, 0.25) is 0 Å². The van der Waals surface area contributed by atoms with Gasteiger partial charge >= 0.3 is 5.97 Å². The van der Waals surface area contributed by atoms with E-state index in [0.717, 1.165) is 0 Å². The van der Waals surface area contributed by atoms with Crippen LogP contribution in [-0.2, 0) is 11.3 Å². The maximum absolute atomic E-state index is 11.6. The Morgan fingerprint density at radius 1 is 1.22 bits per heavy atom. The normalized spacial score (nSPS) is 10.0. The lowest BCUT2D eigenvalue weighted by Gasteiger charge is -2.02. The molecule has 2 N–H and O–H groups in total. The molecule has 0 atom stereocenters. The molecule has 0 fully saturated rings. The van der Waals surface area contributed by atoms with Crippen molar-refractivity contribution in [2.24, 2.45) is 5.73 Å². The standard InChI is InChI=1S/C13H11NO3S/c14-12(18)11-7-6-10(17-11)8-16-13(15)9-4-2-1-3-5-9/h1-7H,8H2,(H2,14,18). The Balaban J connectivity index is 1.95. The summed E-state index contributed by atoms with van der Waals surface area (Å²) in [5.74, 6) is 0.515. The van der Waals surface area contributed by atoms with Crippen LogP contribution in [0.15, 0.2) is 46.9 Å². The SMILES string of the molecule is NC(=S)c1ccc(COC(=O)c2ccccc2)o1. The second-order valence-corrected chi connectivity index (χ2v) is 4.01. The van der Waals surface area contributed by atoms with Crippen LogP contribution < -0.4 is 5.73 Å². The molecule has 1 aromatic heterocycles. The minimum absolute atomic E-state index is 0.0519. The van der Waals surface area contributed by atoms with E-state index in [1.807, 2.05) is 6.07 Å². The van der Waals surface area contributed by atoms with Crippen molar-refractivity contribution in [2.75, 3.05) is 0 Å². The molecular formula is C13H11NO3S. The van der Waals surface area contributed by atoms with E-state index in [9.17, 15) is 4.79 Å². The van der Waals surface area contributed by atoms with Gasteiger partial charge in [0, 0.05) is 0 Å². The highest BCUT2D eigenvalue weighted by Gasteiger charge is 2.09. The highest BCUT2D eigenvalue weighted by Crippen LogP contribution is 2.10. The quantitative estimate of drug-likeness (QED) is 0.675. The summed E-state index contributed by atoms with van der Waals surface area (Å²) in [4.78, 5) is 11.8. The van der Waals surface area contributed by atoms with Gasteiger partial charge < -0.3 is 14.9 Å². The zero-order chi connectivity index (χ0) is 13.0. The Hall–Kier alpha value is -2.14. The molecule has 0 spiro atoms. The van der Waals surface area contributed by atoms with Crippen LogP contribution in [0.1, 0.15) is 21.9 Å². The highest BCUT2D eigenvalue weighted by molar-refractivity contribution is 7.80. The molecule has 0 saturated heterocycles. The number of hydrogen-bond acceptors (Lipinski definition) is 4. The minimum Gasteiger partial charge on any atom is -0.455 e. The Bertz CT molecular complexity index is 563. The van der Waals surface area contributed by atoms with Crippen molar-refractivity contribution in [1.82, 2.24) is 0 Å². The molecule has 0 unspecified atom stereocenters. The summed E-state index contributed by atoms with van der Waals surface area (Å²) in [6.45, 7) is 0.0519. The molecule has 18 heavy (non-hydrogen) atoms. The third kappa shape index (κ3) is 2.95. The van der Waals surface area contributed by atoms with Gasteiger partial charge in [-0.1, -0.05) is 30.4 Å². The van der Waals surface area contributed by atoms with Crippen molar-refractivity contribution in [1.29, 1.82) is 0 Å². The second kappa shape index (κ2) is 5.46. The lowest BCUT2D eigenvalue weighted by atomic mass is 10.2. The van der Waals surface area contributed by atoms with Crippen LogP contribution in [-0.4, -0.2) is 11.0 Å². The summed E-state index contributed by atoms with van der Waals surface area (Å²) in [6, 6.07) is 12.1. The highest BCUT2D eigenvalue weighted by atomic mass is 32.1. The maximum atomic E-state index is 11.6. The first-order valence-electron chi connectivity index (χ1n) is 5.27. The van der Waals surface area contributed by atoms with Crippen LogP contribution in [0.3, 0.4) is 0 Å². The van der Waals surface area contributed by atoms with Crippen molar-refractivity contribution >= 4 is 23.2 Å². The molecule has 0 aliphatic carbocycles. The largest absolute Gasteiger partial charge is 0.455 e. The average molecular weight is 261 g/mol. The predicted octanol–water partition coefficient (Wildman–Crippen LogP) is 2.27. The Morgan fingerprint density at radius 2 is 1.94 bits per heavy atom. The lowest BCUT2D eigenvalue weighted by molar-refractivity contribution is 0.0445. The minimum atomic E-state index is -0.399. The van der Waals surface area contributed by atoms with E-state index in [2.05, 4.69) is 0 Å². The van der Waals surface area contributed by atoms with E-state index in [1.165, 1.54) is 0 Å². The molecule has 5 heteroatoms. The van der Waals surface area contributed by atoms with Crippen molar-refractivity contribution in [3.05, 3.63) is 59.5 Å². The molecule has 0 bridgehead atoms. The topological polar surface area (TPSA) is 65.5 Å². The summed E-state index contributed by atoms with van der Waals surface area (Å²) in [5.41, 5.74) is 5.90. The molecule has 0 radical (unpaired) electrons. The summed E-state index contributed by atoms with van der Waals surface area (Å²) in [7, 11) is 0. The molecule has 0 saturated carbocycles. The second-order valence-electron chi connectivity index (χ2n) is 3.57. The summed E-state index contributed by atoms with van der Waals surface area (Å²) in [5, 5.41) is 0. The van der Waals surface area contributed by atoms with E-state index >= 15 is 0 Å². The number of furan rings is 1. The molecular weight excluding hydrogens is 250 g/mol. The predicted molar refractivity (Wildman–Crippen MR) is 70.2 cm³/mol. The molecule has 0 aliphatic heterocycles. The average Bonchev–Trinajstić information content (AvgIpc) is 2.86. The fourth-order valence-electron chi connectivity index (χ4n) is 1.38. The number of nitrogens with two attached hydrogens (primary N) is 1. The monoisotopic (exact) mass is 261 g/mol. The van der Waals surface area contributed by atoms with E-state index in [0.29, 0.717) is 17.1 Å². The van der Waals surface area contributed by atoms with Gasteiger partial charge in [0.25, 0.3) is 0 Å². The molecule has 1 heterocycles. The van der Waals surface area contributed by atoms with Crippen LogP contribution >= 0.6 is 12.2 Å². The number of carbonyl (C=O) groups excluding carboxylic acids is 1. The number of carbonyl (C=O) groups is 1. The van der Waals surface area contributed by atoms with Gasteiger partial charge in [-0.05, 0) is 24.3 Å². The van der Waals surface area contributed by atoms with E-state index < -0.39 is 5.97 Å². The van der Waals surface area contributed by atoms with Gasteiger partial charge in [0.15, 0.2) is 5.76 Å². The number of hydrogen-bond donors (Lipinski definition) is 1. The smallest absolute Gasteiger partial charge is 0.338 e. The van der Waals surface area contributed by atoms with E-state index in [-0.39, 0.29) is 11.6 Å². The van der Waals surface area contributed by atoms with Gasteiger partial charge in [-0.25, -0.2) is 4.79 Å². The van der Waals surface area contributed by atoms with Gasteiger partial charge in [0.05, 0.1) is 5.56 Å². The molecule has 0 aliphatic rings. The number of benzene rings is 1. The van der Waals surface area contributed by atoms with E-state index in [1.54, 1.807) is 36.4 Å². The molecule has 2 aromatic rings. The molecule has 92 valence electrons. The third-order valence-electron chi connectivity index (χ3n) is 2.26. The zero-order valence-corrected chi connectivity index (χ0v) is 10.3. The van der Waals surface area contributed by atoms with Crippen molar-refractivity contribution in [2.45, 2.75) is 6.61 Å². The van der Waals surface area contributed by atoms with Crippen molar-refractivity contribution in [3.63, 3.8) is 0 Å². The lowest BCUT2D eigenvalue weighted by Crippen LogP contribution is -2.07. The van der Waals surface area contributed by atoms with E-state index in [4.69, 9.17) is 27.1 Å². The summed E-state index contributed by atoms with van der Waals surface area (Å²) >= 11 is 4.76. The van der Waals surface area contributed by atoms with Gasteiger partial charge in [0.1, 0.15) is 17.4 Å². The number of esters is 1. The van der Waals surface area contributed by atoms with Crippen molar-refractivity contribution in [3.8, 4) is 0 Å². The fraction of sp³-hybridized carbons (Fsp3) is 0.0769. The fourth-order valence-corrected chi connectivity index (χ4v) is 1.49. The Kier molecular flexibility index (Phi) is 3.74. The molecule has 2 rings (SSSR count). The molecule has 4 nitrogen and oxygen atoms in total. The molecule has 0 amide bonds. The number of rotatable bonds is 4. The van der Waals surface area contributed by atoms with Crippen LogP contribution in [0.4, 0.5) is 0 Å². The van der Waals surface area contributed by atoms with Crippen LogP contribution in [0.25, 0.3) is 0 Å². The summed E-state index contributed by atoms with van der Waals surface area (Å²) < 4.78 is 10.4. The first-order valence-corrected chi connectivity index (χ1v) is 5.68. The van der Waals surface area contributed by atoms with Crippen molar-refractivity contribution < 1.29 is 13.9 Å². The summed E-state index contributed by atoms with van der Waals surface area (Å²) in [6.07, 6.45) is 0. The van der Waals surface area contributed by atoms with Gasteiger partial charge in [-0.15, -0.1) is 0 Å². The number of ether oxygens (including phenoxy) is 1. The zero-order valence-electron chi connectivity index (χ0n) is 9.46. The Morgan fingerprint density at radius 3 is 2.56 bits per heavy atom. The van der Waals surface area contributed by atoms with Crippen LogP contribution in [0, 0.1) is 0 Å². The third-order valence-corrected chi connectivity index (χ3v) is 2.46. The van der Waals surface area contributed by atoms with Gasteiger partial charge in [-0.3, -0.25) is 0 Å². The number of thiocarbonyl (C=S) groups is 1. The first kappa shape index (κ1) is 12.3. The van der Waals surface area contributed by atoms with Crippen LogP contribution in [0.5, 0.6) is 0 Å². The van der Waals surface area contributed by atoms with Crippen LogP contribution in [0.2, 0.25) is 0 Å². The van der Waals surface area contributed by atoms with Gasteiger partial charge in [-0.2, -0.15) is 0 Å². The Labute approximate surface area is 109 Å².